The lowest BCUT2D eigenvalue weighted by molar-refractivity contribution is -0.153. The van der Waals surface area contributed by atoms with Crippen LogP contribution in [0.4, 0.5) is 0 Å². The topological polar surface area (TPSA) is 92.8 Å². The van der Waals surface area contributed by atoms with E-state index in [2.05, 4.69) is 4.72 Å². The van der Waals surface area contributed by atoms with Crippen LogP contribution < -0.4 is 4.72 Å². The molecule has 1 amide bonds. The molecule has 1 fully saturated rings. The number of carbonyl (C=O) groups excluding carboxylic acids is 2. The summed E-state index contributed by atoms with van der Waals surface area (Å²) in [5.41, 5.74) is 0. The average molecular weight is 437 g/mol. The van der Waals surface area contributed by atoms with E-state index >= 15 is 0 Å². The standard InChI is InChI=1S/C17H22Cl2N2O5S/c1-12(20-27(24,25)13-6-7-14(18)15(19)10-13)17(23)26-11-16(22)21-8-4-2-3-5-9-21/h6-7,10,12,20H,2-5,8-9,11H2,1H3/t12-/m0/s1. The molecule has 0 aromatic heterocycles. The van der Waals surface area contributed by atoms with Crippen LogP contribution >= 0.6 is 23.2 Å². The van der Waals surface area contributed by atoms with E-state index in [0.717, 1.165) is 25.7 Å². The molecule has 0 radical (unpaired) electrons. The van der Waals surface area contributed by atoms with Gasteiger partial charge in [0.2, 0.25) is 10.0 Å². The first-order valence-electron chi connectivity index (χ1n) is 8.62. The highest BCUT2D eigenvalue weighted by molar-refractivity contribution is 7.89. The van der Waals surface area contributed by atoms with Crippen molar-refractivity contribution in [2.75, 3.05) is 19.7 Å². The van der Waals surface area contributed by atoms with Crippen molar-refractivity contribution in [2.45, 2.75) is 43.5 Å². The van der Waals surface area contributed by atoms with Crippen LogP contribution in [0.3, 0.4) is 0 Å². The molecule has 10 heteroatoms. The Bertz CT molecular complexity index is 793. The van der Waals surface area contributed by atoms with Crippen LogP contribution in [0.1, 0.15) is 32.6 Å². The highest BCUT2D eigenvalue weighted by Gasteiger charge is 2.25. The molecule has 1 aliphatic rings. The van der Waals surface area contributed by atoms with E-state index in [1.54, 1.807) is 4.90 Å². The second-order valence-corrected chi connectivity index (χ2v) is 8.85. The molecular weight excluding hydrogens is 415 g/mol. The van der Waals surface area contributed by atoms with Gasteiger partial charge in [-0.15, -0.1) is 0 Å². The van der Waals surface area contributed by atoms with Gasteiger partial charge in [0.15, 0.2) is 6.61 Å². The number of likely N-dealkylation sites (tertiary alicyclic amines) is 1. The van der Waals surface area contributed by atoms with Crippen LogP contribution in [0.25, 0.3) is 0 Å². The molecule has 1 aromatic carbocycles. The molecule has 1 heterocycles. The lowest BCUT2D eigenvalue weighted by atomic mass is 10.2. The third-order valence-corrected chi connectivity index (χ3v) is 6.46. The Balaban J connectivity index is 1.90. The maximum Gasteiger partial charge on any atom is 0.324 e. The van der Waals surface area contributed by atoms with Gasteiger partial charge in [-0.25, -0.2) is 8.42 Å². The summed E-state index contributed by atoms with van der Waals surface area (Å²) >= 11 is 11.6. The average Bonchev–Trinajstić information content (AvgIpc) is 2.90. The van der Waals surface area contributed by atoms with E-state index < -0.39 is 28.6 Å². The molecule has 1 atom stereocenters. The largest absolute Gasteiger partial charge is 0.454 e. The monoisotopic (exact) mass is 436 g/mol. The molecule has 27 heavy (non-hydrogen) atoms. The molecule has 2 rings (SSSR count). The van der Waals surface area contributed by atoms with Crippen LogP contribution in [-0.4, -0.2) is 50.9 Å². The number of sulfonamides is 1. The maximum atomic E-state index is 12.3. The summed E-state index contributed by atoms with van der Waals surface area (Å²) in [6.07, 6.45) is 4.02. The Hall–Kier alpha value is -1.35. The number of hydrogen-bond donors (Lipinski definition) is 1. The lowest BCUT2D eigenvalue weighted by Crippen LogP contribution is -2.41. The van der Waals surface area contributed by atoms with Crippen LogP contribution in [-0.2, 0) is 24.3 Å². The lowest BCUT2D eigenvalue weighted by Gasteiger charge is -2.20. The molecule has 0 aliphatic carbocycles. The summed E-state index contributed by atoms with van der Waals surface area (Å²) in [5, 5.41) is 0.299. The number of hydrogen-bond acceptors (Lipinski definition) is 5. The Morgan fingerprint density at radius 2 is 1.78 bits per heavy atom. The predicted molar refractivity (Wildman–Crippen MR) is 102 cm³/mol. The van der Waals surface area contributed by atoms with E-state index in [1.807, 2.05) is 0 Å². The molecule has 1 aliphatic heterocycles. The van der Waals surface area contributed by atoms with Gasteiger partial charge in [-0.1, -0.05) is 36.0 Å². The Morgan fingerprint density at radius 3 is 2.37 bits per heavy atom. The van der Waals surface area contributed by atoms with Crippen LogP contribution in [0.15, 0.2) is 23.1 Å². The van der Waals surface area contributed by atoms with Gasteiger partial charge in [0.1, 0.15) is 6.04 Å². The van der Waals surface area contributed by atoms with E-state index in [-0.39, 0.29) is 20.8 Å². The van der Waals surface area contributed by atoms with Gasteiger partial charge in [0, 0.05) is 13.1 Å². The molecule has 0 unspecified atom stereocenters. The molecule has 0 bridgehead atoms. The van der Waals surface area contributed by atoms with Gasteiger partial charge in [0.25, 0.3) is 5.91 Å². The fourth-order valence-corrected chi connectivity index (χ4v) is 4.24. The summed E-state index contributed by atoms with van der Waals surface area (Å²) < 4.78 is 31.9. The van der Waals surface area contributed by atoms with Crippen molar-refractivity contribution >= 4 is 45.1 Å². The van der Waals surface area contributed by atoms with Crippen LogP contribution in [0, 0.1) is 0 Å². The van der Waals surface area contributed by atoms with Crippen molar-refractivity contribution in [3.8, 4) is 0 Å². The minimum absolute atomic E-state index is 0.0813. The van der Waals surface area contributed by atoms with Gasteiger partial charge >= 0.3 is 5.97 Å². The predicted octanol–water partition coefficient (Wildman–Crippen LogP) is 2.61. The van der Waals surface area contributed by atoms with Gasteiger partial charge in [0.05, 0.1) is 14.9 Å². The number of carbonyl (C=O) groups is 2. The van der Waals surface area contributed by atoms with Crippen molar-refractivity contribution < 1.29 is 22.7 Å². The second-order valence-electron chi connectivity index (χ2n) is 6.32. The molecule has 1 N–H and O–H groups in total. The van der Waals surface area contributed by atoms with Gasteiger partial charge in [-0.05, 0) is 38.0 Å². The maximum absolute atomic E-state index is 12.3. The highest BCUT2D eigenvalue weighted by atomic mass is 35.5. The van der Waals surface area contributed by atoms with E-state index in [0.29, 0.717) is 13.1 Å². The van der Waals surface area contributed by atoms with E-state index in [1.165, 1.54) is 25.1 Å². The fraction of sp³-hybridized carbons (Fsp3) is 0.529. The molecule has 7 nitrogen and oxygen atoms in total. The van der Waals surface area contributed by atoms with Crippen molar-refractivity contribution in [3.05, 3.63) is 28.2 Å². The second kappa shape index (κ2) is 9.73. The molecule has 0 spiro atoms. The zero-order valence-corrected chi connectivity index (χ0v) is 17.2. The van der Waals surface area contributed by atoms with Gasteiger partial charge < -0.3 is 9.64 Å². The smallest absolute Gasteiger partial charge is 0.324 e. The quantitative estimate of drug-likeness (QED) is 0.691. The number of amides is 1. The molecular formula is C17H22Cl2N2O5S. The number of esters is 1. The first kappa shape index (κ1) is 21.9. The number of nitrogens with zero attached hydrogens (tertiary/aromatic N) is 1. The first-order valence-corrected chi connectivity index (χ1v) is 10.9. The fourth-order valence-electron chi connectivity index (χ4n) is 2.66. The Kier molecular flexibility index (Phi) is 7.91. The summed E-state index contributed by atoms with van der Waals surface area (Å²) in [6, 6.07) is 2.65. The van der Waals surface area contributed by atoms with Crippen molar-refractivity contribution in [1.29, 1.82) is 0 Å². The van der Waals surface area contributed by atoms with Gasteiger partial charge in [-0.3, -0.25) is 9.59 Å². The number of ether oxygens (including phenoxy) is 1. The SMILES string of the molecule is C[C@H](NS(=O)(=O)c1ccc(Cl)c(Cl)c1)C(=O)OCC(=O)N1CCCCCC1. The molecule has 1 saturated heterocycles. The third-order valence-electron chi connectivity index (χ3n) is 4.18. The van der Waals surface area contributed by atoms with Crippen LogP contribution in [0.2, 0.25) is 10.0 Å². The summed E-state index contributed by atoms with van der Waals surface area (Å²) in [5.74, 6) is -1.11. The third kappa shape index (κ3) is 6.34. The molecule has 1 aromatic rings. The van der Waals surface area contributed by atoms with Gasteiger partial charge in [-0.2, -0.15) is 4.72 Å². The van der Waals surface area contributed by atoms with Crippen LogP contribution in [0.5, 0.6) is 0 Å². The number of benzene rings is 1. The minimum atomic E-state index is -4.00. The zero-order chi connectivity index (χ0) is 20.0. The Morgan fingerprint density at radius 1 is 1.15 bits per heavy atom. The number of rotatable bonds is 6. The molecule has 0 saturated carbocycles. The normalized spacial score (nSPS) is 16.5. The summed E-state index contributed by atoms with van der Waals surface area (Å²) in [7, 11) is -4.00. The van der Waals surface area contributed by atoms with Crippen molar-refractivity contribution in [2.24, 2.45) is 0 Å². The summed E-state index contributed by atoms with van der Waals surface area (Å²) in [4.78, 5) is 25.7. The van der Waals surface area contributed by atoms with Crippen molar-refractivity contribution in [1.82, 2.24) is 9.62 Å². The van der Waals surface area contributed by atoms with E-state index in [9.17, 15) is 18.0 Å². The number of nitrogens with one attached hydrogen (secondary N) is 1. The highest BCUT2D eigenvalue weighted by Crippen LogP contribution is 2.24. The Labute approximate surface area is 169 Å². The zero-order valence-electron chi connectivity index (χ0n) is 14.9. The minimum Gasteiger partial charge on any atom is -0.454 e. The van der Waals surface area contributed by atoms with Crippen molar-refractivity contribution in [3.63, 3.8) is 0 Å². The number of halogens is 2. The molecule has 150 valence electrons. The first-order chi connectivity index (χ1) is 12.7. The summed E-state index contributed by atoms with van der Waals surface area (Å²) in [6.45, 7) is 2.23. The van der Waals surface area contributed by atoms with E-state index in [4.69, 9.17) is 27.9 Å².